The predicted molar refractivity (Wildman–Crippen MR) is 48.4 cm³/mol. The average Bonchev–Trinajstić information content (AvgIpc) is 1.98. The molecule has 1 nitrogen and oxygen atoms in total. The van der Waals surface area contributed by atoms with Crippen molar-refractivity contribution in [3.05, 3.63) is 12.7 Å². The van der Waals surface area contributed by atoms with Crippen LogP contribution in [0.2, 0.25) is 0 Å². The van der Waals surface area contributed by atoms with Gasteiger partial charge in [0.1, 0.15) is 5.44 Å². The molecule has 0 bridgehead atoms. The molecule has 0 fully saturated rings. The van der Waals surface area contributed by atoms with Crippen molar-refractivity contribution in [2.75, 3.05) is 6.61 Å². The summed E-state index contributed by atoms with van der Waals surface area (Å²) >= 11 is 4.09. The fourth-order valence-electron chi connectivity index (χ4n) is 0.624. The molecule has 0 radical (unpaired) electrons. The van der Waals surface area contributed by atoms with E-state index in [1.165, 1.54) is 12.8 Å². The van der Waals surface area contributed by atoms with Gasteiger partial charge in [0, 0.05) is 6.61 Å². The Labute approximate surface area is 68.9 Å². The lowest BCUT2D eigenvalue weighted by molar-refractivity contribution is 0.137. The molecule has 10 heavy (non-hydrogen) atoms. The van der Waals surface area contributed by atoms with Gasteiger partial charge in [-0.25, -0.2) is 0 Å². The molecule has 1 atom stereocenters. The summed E-state index contributed by atoms with van der Waals surface area (Å²) in [6, 6.07) is 0. The molecule has 0 amide bonds. The van der Waals surface area contributed by atoms with Crippen LogP contribution < -0.4 is 0 Å². The Hall–Kier alpha value is 0.0500. The zero-order valence-electron chi connectivity index (χ0n) is 6.55. The Kier molecular flexibility index (Phi) is 7.20. The van der Waals surface area contributed by atoms with Gasteiger partial charge in [0.2, 0.25) is 0 Å². The van der Waals surface area contributed by atoms with Gasteiger partial charge in [0.25, 0.3) is 0 Å². The average molecular weight is 162 g/mol. The molecular weight excluding hydrogens is 146 g/mol. The number of unbranched alkanes of at least 4 members (excludes halogenated alkanes) is 2. The Morgan fingerprint density at radius 3 is 3.00 bits per heavy atom. The monoisotopic (exact) mass is 162 g/mol. The van der Waals surface area contributed by atoms with Crippen molar-refractivity contribution in [3.63, 3.8) is 0 Å². The maximum Gasteiger partial charge on any atom is 0.118 e. The second-order valence-electron chi connectivity index (χ2n) is 2.20. The highest BCUT2D eigenvalue weighted by Crippen LogP contribution is 2.01. The molecule has 0 N–H and O–H groups in total. The van der Waals surface area contributed by atoms with E-state index in [9.17, 15) is 0 Å². The lowest BCUT2D eigenvalue weighted by Gasteiger charge is -2.05. The lowest BCUT2D eigenvalue weighted by atomic mass is 10.3. The maximum atomic E-state index is 5.24. The first-order valence-electron chi connectivity index (χ1n) is 3.73. The molecule has 0 saturated heterocycles. The third kappa shape index (κ3) is 6.17. The molecule has 0 rings (SSSR count). The fourth-order valence-corrected chi connectivity index (χ4v) is 0.730. The molecule has 0 aliphatic heterocycles. The topological polar surface area (TPSA) is 9.23 Å². The van der Waals surface area contributed by atoms with E-state index in [1.54, 1.807) is 6.08 Å². The summed E-state index contributed by atoms with van der Waals surface area (Å²) in [6.07, 6.45) is 5.28. The van der Waals surface area contributed by atoms with Crippen LogP contribution in [-0.4, -0.2) is 12.0 Å². The summed E-state index contributed by atoms with van der Waals surface area (Å²) in [4.78, 5) is 0. The van der Waals surface area contributed by atoms with Crippen molar-refractivity contribution < 1.29 is 4.74 Å². The van der Waals surface area contributed by atoms with Gasteiger partial charge in [0.15, 0.2) is 0 Å². The number of ether oxygens (including phenoxy) is 1. The van der Waals surface area contributed by atoms with E-state index in [0.717, 1.165) is 13.0 Å². The molecule has 0 aromatic heterocycles. The SMILES string of the molecule is C=CC(S)O[14CH2]CCCC. The number of thiol groups is 1. The maximum absolute atomic E-state index is 5.24. The van der Waals surface area contributed by atoms with Crippen molar-refractivity contribution in [2.45, 2.75) is 31.6 Å². The van der Waals surface area contributed by atoms with Gasteiger partial charge in [-0.1, -0.05) is 32.4 Å². The van der Waals surface area contributed by atoms with Crippen LogP contribution in [0.3, 0.4) is 0 Å². The highest BCUT2D eigenvalue weighted by molar-refractivity contribution is 7.80. The van der Waals surface area contributed by atoms with Gasteiger partial charge in [0.05, 0.1) is 0 Å². The minimum Gasteiger partial charge on any atom is -0.364 e. The molecule has 0 aliphatic carbocycles. The van der Waals surface area contributed by atoms with Gasteiger partial charge in [-0.3, -0.25) is 0 Å². The minimum absolute atomic E-state index is 0.0862. The minimum atomic E-state index is -0.0862. The zero-order chi connectivity index (χ0) is 7.82. The molecule has 1 unspecified atom stereocenters. The fraction of sp³-hybridized carbons (Fsp3) is 0.750. The molecule has 0 aromatic carbocycles. The number of hydrogen-bond acceptors (Lipinski definition) is 2. The van der Waals surface area contributed by atoms with Gasteiger partial charge in [-0.05, 0) is 6.42 Å². The van der Waals surface area contributed by atoms with Crippen molar-refractivity contribution in [3.8, 4) is 0 Å². The van der Waals surface area contributed by atoms with Gasteiger partial charge in [-0.2, -0.15) is 0 Å². The first-order valence-corrected chi connectivity index (χ1v) is 4.25. The van der Waals surface area contributed by atoms with Crippen molar-refractivity contribution in [1.29, 1.82) is 0 Å². The van der Waals surface area contributed by atoms with Crippen LogP contribution in [0.4, 0.5) is 0 Å². The molecule has 0 heterocycles. The summed E-state index contributed by atoms with van der Waals surface area (Å²) in [6.45, 7) is 6.53. The molecule has 2 heteroatoms. The van der Waals surface area contributed by atoms with Crippen molar-refractivity contribution in [2.24, 2.45) is 0 Å². The quantitative estimate of drug-likeness (QED) is 0.273. The summed E-state index contributed by atoms with van der Waals surface area (Å²) in [5.41, 5.74) is -0.0862. The number of rotatable bonds is 6. The molecule has 0 spiro atoms. The molecular formula is C8H16OS. The Balaban J connectivity index is 2.95. The van der Waals surface area contributed by atoms with E-state index in [1.807, 2.05) is 0 Å². The van der Waals surface area contributed by atoms with Crippen LogP contribution >= 0.6 is 12.6 Å². The van der Waals surface area contributed by atoms with E-state index in [0.29, 0.717) is 0 Å². The first kappa shape index (κ1) is 10.0. The van der Waals surface area contributed by atoms with Crippen LogP contribution in [-0.2, 0) is 4.74 Å². The largest absolute Gasteiger partial charge is 0.364 e. The Bertz CT molecular complexity index is 83.3. The summed E-state index contributed by atoms with van der Waals surface area (Å²) in [5.74, 6) is 0. The second kappa shape index (κ2) is 7.16. The van der Waals surface area contributed by atoms with Crippen LogP contribution in [0.25, 0.3) is 0 Å². The molecule has 60 valence electrons. The lowest BCUT2D eigenvalue weighted by Crippen LogP contribution is -2.02. The zero-order valence-corrected chi connectivity index (χ0v) is 7.44. The predicted octanol–water partition coefficient (Wildman–Crippen LogP) is 2.64. The molecule has 0 aliphatic rings. The van der Waals surface area contributed by atoms with Gasteiger partial charge >= 0.3 is 0 Å². The van der Waals surface area contributed by atoms with Crippen LogP contribution in [0.5, 0.6) is 0 Å². The Morgan fingerprint density at radius 1 is 1.80 bits per heavy atom. The summed E-state index contributed by atoms with van der Waals surface area (Å²) in [5, 5.41) is 0. The Morgan fingerprint density at radius 2 is 2.50 bits per heavy atom. The van der Waals surface area contributed by atoms with Gasteiger partial charge < -0.3 is 4.74 Å². The van der Waals surface area contributed by atoms with Crippen LogP contribution in [0.1, 0.15) is 26.2 Å². The third-order valence-electron chi connectivity index (χ3n) is 1.24. The molecule has 0 saturated carbocycles. The smallest absolute Gasteiger partial charge is 0.118 e. The first-order chi connectivity index (χ1) is 4.81. The normalized spacial score (nSPS) is 13.0. The van der Waals surface area contributed by atoms with Crippen molar-refractivity contribution in [1.82, 2.24) is 0 Å². The summed E-state index contributed by atoms with van der Waals surface area (Å²) in [7, 11) is 0. The van der Waals surface area contributed by atoms with E-state index in [4.69, 9.17) is 4.74 Å². The third-order valence-corrected chi connectivity index (χ3v) is 1.60. The van der Waals surface area contributed by atoms with Gasteiger partial charge in [-0.15, -0.1) is 12.6 Å². The second-order valence-corrected chi connectivity index (χ2v) is 2.71. The van der Waals surface area contributed by atoms with Crippen molar-refractivity contribution >= 4 is 12.6 Å². The van der Waals surface area contributed by atoms with E-state index < -0.39 is 0 Å². The van der Waals surface area contributed by atoms with E-state index in [2.05, 4.69) is 26.1 Å². The van der Waals surface area contributed by atoms with E-state index >= 15 is 0 Å². The van der Waals surface area contributed by atoms with Crippen LogP contribution in [0, 0.1) is 0 Å². The highest BCUT2D eigenvalue weighted by atomic mass is 32.1. The van der Waals surface area contributed by atoms with E-state index in [-0.39, 0.29) is 5.44 Å². The summed E-state index contributed by atoms with van der Waals surface area (Å²) < 4.78 is 5.24. The molecule has 0 aromatic rings. The standard InChI is InChI=1S/C8H16OS/c1-3-5-6-7-9-8(10)4-2/h4,8,10H,2-3,5-7H2,1H3/i7+2. The number of hydrogen-bond donors (Lipinski definition) is 1. The highest BCUT2D eigenvalue weighted by Gasteiger charge is 1.93. The van der Waals surface area contributed by atoms with Crippen LogP contribution in [0.15, 0.2) is 12.7 Å².